The lowest BCUT2D eigenvalue weighted by molar-refractivity contribution is -0.0233. The Labute approximate surface area is 138 Å². The van der Waals surface area contributed by atoms with Crippen LogP contribution in [0.25, 0.3) is 0 Å². The van der Waals surface area contributed by atoms with Gasteiger partial charge in [0.1, 0.15) is 0 Å². The maximum absolute atomic E-state index is 12.7. The minimum absolute atomic E-state index is 0.0873. The van der Waals surface area contributed by atoms with Gasteiger partial charge in [-0.05, 0) is 43.4 Å². The Kier molecular flexibility index (Phi) is 5.02. The molecule has 1 aromatic rings. The van der Waals surface area contributed by atoms with Crippen LogP contribution in [0.3, 0.4) is 0 Å². The molecule has 0 spiro atoms. The minimum atomic E-state index is -0.575. The number of aliphatic hydroxyl groups is 1. The highest BCUT2D eigenvalue weighted by atomic mass is 16.5. The minimum Gasteiger partial charge on any atom is -0.390 e. The third-order valence-electron chi connectivity index (χ3n) is 5.23. The molecule has 0 radical (unpaired) electrons. The third kappa shape index (κ3) is 3.75. The van der Waals surface area contributed by atoms with Gasteiger partial charge in [0.2, 0.25) is 0 Å². The molecule has 0 aromatic heterocycles. The van der Waals surface area contributed by atoms with Gasteiger partial charge in [-0.2, -0.15) is 0 Å². The molecule has 2 aliphatic rings. The molecule has 2 aliphatic heterocycles. The van der Waals surface area contributed by atoms with Crippen molar-refractivity contribution < 1.29 is 14.6 Å². The number of carbonyl (C=O) groups is 1. The highest BCUT2D eigenvalue weighted by Gasteiger charge is 2.33. The van der Waals surface area contributed by atoms with Gasteiger partial charge in [0.25, 0.3) is 5.91 Å². The van der Waals surface area contributed by atoms with E-state index in [9.17, 15) is 9.90 Å². The molecule has 4 nitrogen and oxygen atoms in total. The van der Waals surface area contributed by atoms with E-state index in [0.717, 1.165) is 38.0 Å². The van der Waals surface area contributed by atoms with Gasteiger partial charge in [0.15, 0.2) is 0 Å². The number of likely N-dealkylation sites (tertiary alicyclic amines) is 1. The van der Waals surface area contributed by atoms with E-state index in [-0.39, 0.29) is 5.91 Å². The summed E-state index contributed by atoms with van der Waals surface area (Å²) in [6, 6.07) is 7.98. The van der Waals surface area contributed by atoms with Crippen molar-refractivity contribution in [2.24, 2.45) is 0 Å². The predicted molar refractivity (Wildman–Crippen MR) is 89.6 cm³/mol. The van der Waals surface area contributed by atoms with Crippen LogP contribution in [0.1, 0.15) is 60.9 Å². The van der Waals surface area contributed by atoms with E-state index in [2.05, 4.69) is 13.0 Å². The average Bonchev–Trinajstić information content (AvgIpc) is 3.10. The van der Waals surface area contributed by atoms with E-state index in [1.54, 1.807) is 0 Å². The first-order chi connectivity index (χ1) is 11.1. The van der Waals surface area contributed by atoms with E-state index in [0.29, 0.717) is 31.8 Å². The molecule has 0 bridgehead atoms. The maximum atomic E-state index is 12.7. The second-order valence-electron chi connectivity index (χ2n) is 6.95. The molecular formula is C19H27NO3. The molecule has 2 saturated heterocycles. The second-order valence-corrected chi connectivity index (χ2v) is 6.95. The molecule has 2 fully saturated rings. The Morgan fingerprint density at radius 3 is 2.83 bits per heavy atom. The zero-order chi connectivity index (χ0) is 16.3. The topological polar surface area (TPSA) is 49.8 Å². The van der Waals surface area contributed by atoms with E-state index in [1.807, 2.05) is 23.1 Å². The monoisotopic (exact) mass is 317 g/mol. The van der Waals surface area contributed by atoms with Crippen LogP contribution in [0.2, 0.25) is 0 Å². The number of rotatable bonds is 4. The first kappa shape index (κ1) is 16.5. The lowest BCUT2D eigenvalue weighted by Gasteiger charge is -2.38. The zero-order valence-corrected chi connectivity index (χ0v) is 14.0. The molecule has 1 unspecified atom stereocenters. The number of hydrogen-bond acceptors (Lipinski definition) is 3. The van der Waals surface area contributed by atoms with Gasteiger partial charge in [-0.1, -0.05) is 25.5 Å². The van der Waals surface area contributed by atoms with Gasteiger partial charge in [0, 0.05) is 31.2 Å². The molecule has 4 heteroatoms. The van der Waals surface area contributed by atoms with Crippen molar-refractivity contribution in [3.8, 4) is 0 Å². The molecule has 0 aliphatic carbocycles. The van der Waals surface area contributed by atoms with Gasteiger partial charge in [-0.25, -0.2) is 0 Å². The molecule has 1 amide bonds. The Hall–Kier alpha value is -1.39. The summed E-state index contributed by atoms with van der Waals surface area (Å²) in [6.07, 6.45) is 4.21. The smallest absolute Gasteiger partial charge is 0.253 e. The van der Waals surface area contributed by atoms with Crippen molar-refractivity contribution in [1.29, 1.82) is 0 Å². The maximum Gasteiger partial charge on any atom is 0.253 e. The molecule has 23 heavy (non-hydrogen) atoms. The van der Waals surface area contributed by atoms with Crippen molar-refractivity contribution in [3.05, 3.63) is 35.4 Å². The molecule has 126 valence electrons. The van der Waals surface area contributed by atoms with Crippen molar-refractivity contribution >= 4 is 5.91 Å². The normalized spacial score (nSPS) is 23.9. The highest BCUT2D eigenvalue weighted by Crippen LogP contribution is 2.29. The van der Waals surface area contributed by atoms with E-state index in [4.69, 9.17) is 4.74 Å². The van der Waals surface area contributed by atoms with Crippen molar-refractivity contribution in [3.63, 3.8) is 0 Å². The summed E-state index contributed by atoms with van der Waals surface area (Å²) in [5.41, 5.74) is 1.39. The zero-order valence-electron chi connectivity index (χ0n) is 14.0. The van der Waals surface area contributed by atoms with Crippen molar-refractivity contribution in [2.75, 3.05) is 26.3 Å². The van der Waals surface area contributed by atoms with Crippen LogP contribution in [0, 0.1) is 0 Å². The van der Waals surface area contributed by atoms with E-state index >= 15 is 0 Å². The van der Waals surface area contributed by atoms with Crippen LogP contribution in [0.5, 0.6) is 0 Å². The second kappa shape index (κ2) is 7.02. The van der Waals surface area contributed by atoms with Crippen LogP contribution < -0.4 is 0 Å². The lowest BCUT2D eigenvalue weighted by Crippen LogP contribution is -2.46. The number of piperidine rings is 1. The van der Waals surface area contributed by atoms with Crippen LogP contribution >= 0.6 is 0 Å². The summed E-state index contributed by atoms with van der Waals surface area (Å²) in [5, 5.41) is 10.5. The van der Waals surface area contributed by atoms with Crippen LogP contribution in [-0.4, -0.2) is 47.8 Å². The van der Waals surface area contributed by atoms with Gasteiger partial charge >= 0.3 is 0 Å². The van der Waals surface area contributed by atoms with Gasteiger partial charge in [0.05, 0.1) is 12.2 Å². The first-order valence-corrected chi connectivity index (χ1v) is 8.81. The third-order valence-corrected chi connectivity index (χ3v) is 5.23. The van der Waals surface area contributed by atoms with Crippen LogP contribution in [-0.2, 0) is 4.74 Å². The predicted octanol–water partition coefficient (Wildman–Crippen LogP) is 2.96. The van der Waals surface area contributed by atoms with E-state index in [1.165, 1.54) is 5.56 Å². The number of carbonyl (C=O) groups excluding carboxylic acids is 1. The van der Waals surface area contributed by atoms with Gasteiger partial charge in [-0.3, -0.25) is 4.79 Å². The first-order valence-electron chi connectivity index (χ1n) is 8.81. The molecule has 3 rings (SSSR count). The van der Waals surface area contributed by atoms with Gasteiger partial charge < -0.3 is 14.7 Å². The molecular weight excluding hydrogens is 290 g/mol. The summed E-state index contributed by atoms with van der Waals surface area (Å²) in [5.74, 6) is 0.503. The number of nitrogens with zero attached hydrogens (tertiary/aromatic N) is 1. The number of benzene rings is 1. The fraction of sp³-hybridized carbons (Fsp3) is 0.632. The van der Waals surface area contributed by atoms with Crippen molar-refractivity contribution in [1.82, 2.24) is 4.90 Å². The Morgan fingerprint density at radius 1 is 1.39 bits per heavy atom. The summed E-state index contributed by atoms with van der Waals surface area (Å²) >= 11 is 0. The molecule has 1 aromatic carbocycles. The number of amides is 1. The molecule has 2 heterocycles. The SMILES string of the molecule is CCCC1(O)CCN(C(=O)c2cccc(C3CCOC3)c2)CC1. The quantitative estimate of drug-likeness (QED) is 0.929. The Bertz CT molecular complexity index is 543. The summed E-state index contributed by atoms with van der Waals surface area (Å²) in [4.78, 5) is 14.6. The standard InChI is InChI=1S/C19H27NO3/c1-2-7-19(22)8-10-20(11-9-19)18(21)16-5-3-4-15(13-16)17-6-12-23-14-17/h3-5,13,17,22H,2,6-12,14H2,1H3. The summed E-state index contributed by atoms with van der Waals surface area (Å²) in [7, 11) is 0. The highest BCUT2D eigenvalue weighted by molar-refractivity contribution is 5.94. The van der Waals surface area contributed by atoms with Crippen LogP contribution in [0.15, 0.2) is 24.3 Å². The number of hydrogen-bond donors (Lipinski definition) is 1. The van der Waals surface area contributed by atoms with E-state index < -0.39 is 5.60 Å². The number of ether oxygens (including phenoxy) is 1. The average molecular weight is 317 g/mol. The fourth-order valence-corrected chi connectivity index (χ4v) is 3.75. The molecule has 1 N–H and O–H groups in total. The Balaban J connectivity index is 1.66. The summed E-state index contributed by atoms with van der Waals surface area (Å²) in [6.45, 7) is 4.95. The largest absolute Gasteiger partial charge is 0.390 e. The lowest BCUT2D eigenvalue weighted by atomic mass is 9.87. The Morgan fingerprint density at radius 2 is 2.17 bits per heavy atom. The molecule has 0 saturated carbocycles. The van der Waals surface area contributed by atoms with Gasteiger partial charge in [-0.15, -0.1) is 0 Å². The summed E-state index contributed by atoms with van der Waals surface area (Å²) < 4.78 is 5.45. The van der Waals surface area contributed by atoms with Crippen LogP contribution in [0.4, 0.5) is 0 Å². The fourth-order valence-electron chi connectivity index (χ4n) is 3.75. The van der Waals surface area contributed by atoms with Crippen molar-refractivity contribution in [2.45, 2.75) is 50.5 Å². The molecule has 1 atom stereocenters.